The normalized spacial score (nSPS) is 25.7. The third-order valence-electron chi connectivity index (χ3n) is 8.71. The predicted octanol–water partition coefficient (Wildman–Crippen LogP) is -2.94. The number of hydrogen-bond acceptors (Lipinski definition) is 21. The number of rotatable bonds is 23. The summed E-state index contributed by atoms with van der Waals surface area (Å²) in [7, 11) is 0. The highest BCUT2D eigenvalue weighted by Gasteiger charge is 2.52. The first-order valence-electron chi connectivity index (χ1n) is 19.9. The number of ether oxygens (including phenoxy) is 10. The number of esters is 6. The molecule has 0 saturated carbocycles. The molecule has 2 saturated heterocycles. The predicted molar refractivity (Wildman–Crippen MR) is 208 cm³/mol. The van der Waals surface area contributed by atoms with E-state index in [-0.39, 0.29) is 39.1 Å². The molecule has 11 atom stereocenters. The van der Waals surface area contributed by atoms with Crippen LogP contribution in [0.3, 0.4) is 0 Å². The van der Waals surface area contributed by atoms with E-state index in [1.165, 1.54) is 13.8 Å². The van der Waals surface area contributed by atoms with Crippen molar-refractivity contribution in [2.75, 3.05) is 39.5 Å². The molecule has 6 N–H and O–H groups in total. The maximum atomic E-state index is 12.7. The van der Waals surface area contributed by atoms with Crippen LogP contribution in [0.1, 0.15) is 74.7 Å². The third-order valence-corrected chi connectivity index (χ3v) is 8.71. The average Bonchev–Trinajstić information content (AvgIpc) is 3.16. The molecular formula is C38H59N5O20. The molecular weight excluding hydrogens is 846 g/mol. The zero-order valence-corrected chi connectivity index (χ0v) is 36.5. The van der Waals surface area contributed by atoms with Crippen molar-refractivity contribution >= 4 is 59.4 Å². The van der Waals surface area contributed by atoms with Gasteiger partial charge in [0.15, 0.2) is 37.0 Å². The zero-order chi connectivity index (χ0) is 47.4. The maximum absolute atomic E-state index is 12.7. The lowest BCUT2D eigenvalue weighted by molar-refractivity contribution is -0.277. The Morgan fingerprint density at radius 3 is 1.24 bits per heavy atom. The zero-order valence-electron chi connectivity index (χ0n) is 36.5. The number of amides is 4. The highest BCUT2D eigenvalue weighted by atomic mass is 16.7. The van der Waals surface area contributed by atoms with Crippen molar-refractivity contribution in [3.63, 3.8) is 0 Å². The first-order valence-corrected chi connectivity index (χ1v) is 19.9. The molecule has 0 bridgehead atoms. The van der Waals surface area contributed by atoms with Crippen LogP contribution in [0.25, 0.3) is 0 Å². The number of nitrogens with two attached hydrogens (primary N) is 1. The molecule has 0 unspecified atom stereocenters. The molecule has 2 rings (SSSR count). The fourth-order valence-corrected chi connectivity index (χ4v) is 6.34. The third kappa shape index (κ3) is 19.6. The lowest BCUT2D eigenvalue weighted by Crippen LogP contribution is -2.66. The van der Waals surface area contributed by atoms with Crippen molar-refractivity contribution in [1.82, 2.24) is 21.3 Å². The van der Waals surface area contributed by atoms with Gasteiger partial charge in [-0.05, 0) is 12.8 Å². The van der Waals surface area contributed by atoms with E-state index in [1.807, 2.05) is 0 Å². The van der Waals surface area contributed by atoms with Crippen LogP contribution in [0, 0.1) is 0 Å². The summed E-state index contributed by atoms with van der Waals surface area (Å²) in [4.78, 5) is 121. The molecule has 25 heteroatoms. The van der Waals surface area contributed by atoms with Crippen molar-refractivity contribution < 1.29 is 95.3 Å². The molecule has 2 fully saturated rings. The minimum absolute atomic E-state index is 0.0216. The minimum Gasteiger partial charge on any atom is -0.463 e. The van der Waals surface area contributed by atoms with Gasteiger partial charge < -0.3 is 74.4 Å². The Bertz CT molecular complexity index is 1630. The molecule has 0 aromatic carbocycles. The summed E-state index contributed by atoms with van der Waals surface area (Å²) in [6.07, 6.45) is -10.2. The van der Waals surface area contributed by atoms with Gasteiger partial charge in [0.25, 0.3) is 0 Å². The van der Waals surface area contributed by atoms with Crippen molar-refractivity contribution in [3.8, 4) is 0 Å². The SMILES string of the molecule is CC(=O)N[C@H]1[C@H](OCCCNC(=O)C[C@H](N)C(=O)NCCCO[C@@H]2O[C@H](COC(C)=O)[C@H](OC(C)=O)[C@H](OC(C)=O)[C@H]2NC(C)=O)O[C@H](COC(C)=O)[C@H](OC(C)=O)[C@@H]1OC(C)=O. The molecule has 4 amide bonds. The van der Waals surface area contributed by atoms with Gasteiger partial charge in [-0.2, -0.15) is 0 Å². The van der Waals surface area contributed by atoms with Gasteiger partial charge in [0.2, 0.25) is 23.6 Å². The maximum Gasteiger partial charge on any atom is 0.303 e. The van der Waals surface area contributed by atoms with Crippen LogP contribution in [0.4, 0.5) is 0 Å². The lowest BCUT2D eigenvalue weighted by Gasteiger charge is -2.44. The van der Waals surface area contributed by atoms with Gasteiger partial charge in [-0.3, -0.25) is 47.9 Å². The van der Waals surface area contributed by atoms with Crippen LogP contribution in [-0.4, -0.2) is 166 Å². The summed E-state index contributed by atoms with van der Waals surface area (Å²) < 4.78 is 55.2. The molecule has 0 aromatic rings. The van der Waals surface area contributed by atoms with Gasteiger partial charge in [-0.25, -0.2) is 0 Å². The Kier molecular flexibility index (Phi) is 22.9. The fraction of sp³-hybridized carbons (Fsp3) is 0.737. The molecule has 356 valence electrons. The Labute approximate surface area is 363 Å². The molecule has 63 heavy (non-hydrogen) atoms. The number of carbonyl (C=O) groups is 10. The fourth-order valence-electron chi connectivity index (χ4n) is 6.34. The first kappa shape index (κ1) is 53.6. The number of carbonyl (C=O) groups excluding carboxylic acids is 10. The van der Waals surface area contributed by atoms with Gasteiger partial charge in [0, 0.05) is 68.5 Å². The van der Waals surface area contributed by atoms with Crippen molar-refractivity contribution in [3.05, 3.63) is 0 Å². The van der Waals surface area contributed by atoms with Crippen LogP contribution in [-0.2, 0) is 95.3 Å². The first-order chi connectivity index (χ1) is 29.6. The Balaban J connectivity index is 1.92. The summed E-state index contributed by atoms with van der Waals surface area (Å²) in [6.45, 7) is 8.20. The van der Waals surface area contributed by atoms with Gasteiger partial charge in [0.05, 0.1) is 25.7 Å². The molecule has 2 heterocycles. The van der Waals surface area contributed by atoms with Crippen LogP contribution in [0.15, 0.2) is 0 Å². The Morgan fingerprint density at radius 1 is 0.524 bits per heavy atom. The van der Waals surface area contributed by atoms with Crippen LogP contribution in [0.2, 0.25) is 0 Å². The number of nitrogens with one attached hydrogen (secondary N) is 4. The van der Waals surface area contributed by atoms with Crippen molar-refractivity contribution in [2.24, 2.45) is 5.73 Å². The monoisotopic (exact) mass is 905 g/mol. The quantitative estimate of drug-likeness (QED) is 0.0389. The minimum atomic E-state index is -1.31. The summed E-state index contributed by atoms with van der Waals surface area (Å²) >= 11 is 0. The van der Waals surface area contributed by atoms with Crippen molar-refractivity contribution in [1.29, 1.82) is 0 Å². The molecule has 2 aliphatic heterocycles. The van der Waals surface area contributed by atoms with Gasteiger partial charge in [-0.15, -0.1) is 0 Å². The summed E-state index contributed by atoms with van der Waals surface area (Å²) in [5.41, 5.74) is 5.96. The van der Waals surface area contributed by atoms with E-state index < -0.39 is 146 Å². The van der Waals surface area contributed by atoms with Gasteiger partial charge >= 0.3 is 35.8 Å². The van der Waals surface area contributed by atoms with Gasteiger partial charge in [-0.1, -0.05) is 0 Å². The van der Waals surface area contributed by atoms with E-state index in [1.54, 1.807) is 0 Å². The van der Waals surface area contributed by atoms with Crippen molar-refractivity contribution in [2.45, 2.75) is 142 Å². The smallest absolute Gasteiger partial charge is 0.303 e. The van der Waals surface area contributed by atoms with E-state index in [2.05, 4.69) is 21.3 Å². The highest BCUT2D eigenvalue weighted by Crippen LogP contribution is 2.29. The van der Waals surface area contributed by atoms with Crippen LogP contribution in [0.5, 0.6) is 0 Å². The largest absolute Gasteiger partial charge is 0.463 e. The highest BCUT2D eigenvalue weighted by molar-refractivity contribution is 5.88. The van der Waals surface area contributed by atoms with Crippen LogP contribution >= 0.6 is 0 Å². The molecule has 0 aliphatic carbocycles. The standard InChI is InChI=1S/C38H59N5O20/c1-18(44)42-30-34(60-24(7)50)32(58-22(5)48)27(16-56-20(3)46)62-37(30)54-13-9-11-40-29(52)15-26(39)36(53)41-12-10-14-55-38-31(43-19(2)45)35(61-25(8)51)33(59-23(6)49)28(63-38)17-57-21(4)47/h26-28,30-35,37-38H,9-17,39H2,1-8H3,(H,40,52)(H,41,53)(H,42,44)(H,43,45)/t26-,27+,28+,30+,31+,32-,33-,34+,35+,37+,38+/m0/s1. The van der Waals surface area contributed by atoms with E-state index in [0.717, 1.165) is 41.5 Å². The van der Waals surface area contributed by atoms with E-state index in [9.17, 15) is 47.9 Å². The Morgan fingerprint density at radius 2 is 0.889 bits per heavy atom. The summed E-state index contributed by atoms with van der Waals surface area (Å²) in [6, 6.07) is -3.59. The van der Waals surface area contributed by atoms with E-state index in [0.29, 0.717) is 0 Å². The van der Waals surface area contributed by atoms with E-state index in [4.69, 9.17) is 53.1 Å². The van der Waals surface area contributed by atoms with Gasteiger partial charge in [0.1, 0.15) is 37.5 Å². The number of hydrogen-bond donors (Lipinski definition) is 5. The topological polar surface area (TPSA) is 337 Å². The second-order valence-corrected chi connectivity index (χ2v) is 14.3. The molecule has 2 aliphatic rings. The molecule has 0 radical (unpaired) electrons. The second-order valence-electron chi connectivity index (χ2n) is 14.3. The summed E-state index contributed by atoms with van der Waals surface area (Å²) in [5, 5.41) is 10.3. The van der Waals surface area contributed by atoms with Crippen LogP contribution < -0.4 is 27.0 Å². The molecule has 0 spiro atoms. The summed E-state index contributed by atoms with van der Waals surface area (Å²) in [5.74, 6) is -6.74. The Hall–Kier alpha value is -5.50. The molecule has 0 aromatic heterocycles. The molecule has 25 nitrogen and oxygen atoms in total. The van der Waals surface area contributed by atoms with E-state index >= 15 is 0 Å². The average molecular weight is 906 g/mol. The second kappa shape index (κ2) is 26.9. The lowest BCUT2D eigenvalue weighted by atomic mass is 9.96.